The summed E-state index contributed by atoms with van der Waals surface area (Å²) >= 11 is 0. The molecule has 0 unspecified atom stereocenters. The fraction of sp³-hybridized carbons (Fsp3) is 0.800. The zero-order chi connectivity index (χ0) is 12.8. The predicted octanol–water partition coefficient (Wildman–Crippen LogP) is 3.22. The molecule has 0 atom stereocenters. The Morgan fingerprint density at radius 1 is 1.28 bits per heavy atom. The lowest BCUT2D eigenvalue weighted by Gasteiger charge is -2.49. The summed E-state index contributed by atoms with van der Waals surface area (Å²) in [6, 6.07) is 0. The molecule has 0 radical (unpaired) electrons. The molecule has 3 rings (SSSR count). The van der Waals surface area contributed by atoms with Gasteiger partial charge in [-0.3, -0.25) is 0 Å². The van der Waals surface area contributed by atoms with E-state index in [-0.39, 0.29) is 5.41 Å². The van der Waals surface area contributed by atoms with E-state index in [0.29, 0.717) is 11.3 Å². The molecule has 1 N–H and O–H groups in total. The first-order valence-corrected chi connectivity index (χ1v) is 7.15. The third-order valence-corrected chi connectivity index (χ3v) is 4.66. The van der Waals surface area contributed by atoms with Gasteiger partial charge in [-0.25, -0.2) is 4.98 Å². The summed E-state index contributed by atoms with van der Waals surface area (Å²) in [4.78, 5) is 4.70. The Morgan fingerprint density at radius 3 is 2.50 bits per heavy atom. The number of nitrogens with one attached hydrogen (secondary N) is 1. The number of piperidine rings is 1. The van der Waals surface area contributed by atoms with Crippen molar-refractivity contribution in [2.24, 2.45) is 5.41 Å². The van der Waals surface area contributed by atoms with Crippen molar-refractivity contribution in [3.8, 4) is 0 Å². The van der Waals surface area contributed by atoms with Gasteiger partial charge in [0.25, 0.3) is 0 Å². The maximum absolute atomic E-state index is 5.70. The standard InChI is InChI=1S/C15H24N2O/c1-14(2,3)12-10-18-13(17-12)11-8-15(9-11)4-6-16-7-5-15/h10-11,16H,4-9H2,1-3H3. The molecule has 3 nitrogen and oxygen atoms in total. The van der Waals surface area contributed by atoms with Gasteiger partial charge in [0.05, 0.1) is 5.69 Å². The lowest BCUT2D eigenvalue weighted by Crippen LogP contribution is -2.44. The fourth-order valence-corrected chi connectivity index (χ4v) is 3.35. The molecule has 0 bridgehead atoms. The van der Waals surface area contributed by atoms with Crippen LogP contribution in [-0.2, 0) is 5.41 Å². The van der Waals surface area contributed by atoms with Crippen LogP contribution >= 0.6 is 0 Å². The van der Waals surface area contributed by atoms with Crippen LogP contribution in [0.25, 0.3) is 0 Å². The molecular weight excluding hydrogens is 224 g/mol. The normalized spacial score (nSPS) is 24.2. The van der Waals surface area contributed by atoms with E-state index in [0.717, 1.165) is 11.6 Å². The lowest BCUT2D eigenvalue weighted by molar-refractivity contribution is 0.0488. The van der Waals surface area contributed by atoms with Gasteiger partial charge in [-0.05, 0) is 44.2 Å². The molecule has 100 valence electrons. The summed E-state index contributed by atoms with van der Waals surface area (Å²) in [5, 5.41) is 3.45. The molecule has 1 saturated heterocycles. The highest BCUT2D eigenvalue weighted by Gasteiger charge is 2.46. The largest absolute Gasteiger partial charge is 0.448 e. The van der Waals surface area contributed by atoms with Gasteiger partial charge in [-0.2, -0.15) is 0 Å². The lowest BCUT2D eigenvalue weighted by atomic mass is 9.58. The molecule has 1 aromatic heterocycles. The van der Waals surface area contributed by atoms with Crippen molar-refractivity contribution < 1.29 is 4.42 Å². The summed E-state index contributed by atoms with van der Waals surface area (Å²) in [6.45, 7) is 8.92. The van der Waals surface area contributed by atoms with Gasteiger partial charge in [0.15, 0.2) is 5.89 Å². The second-order valence-corrected chi connectivity index (χ2v) is 7.18. The van der Waals surface area contributed by atoms with Crippen molar-refractivity contribution in [1.29, 1.82) is 0 Å². The second kappa shape index (κ2) is 4.09. The minimum atomic E-state index is 0.0952. The molecule has 1 aliphatic carbocycles. The van der Waals surface area contributed by atoms with Gasteiger partial charge >= 0.3 is 0 Å². The average Bonchev–Trinajstić information content (AvgIpc) is 2.75. The maximum atomic E-state index is 5.70. The Balaban J connectivity index is 1.66. The Kier molecular flexibility index (Phi) is 2.77. The van der Waals surface area contributed by atoms with Gasteiger partial charge in [-0.15, -0.1) is 0 Å². The molecule has 2 fully saturated rings. The SMILES string of the molecule is CC(C)(C)c1coc(C2CC3(CCNCC3)C2)n1. The molecule has 1 aliphatic heterocycles. The van der Waals surface area contributed by atoms with Crippen molar-refractivity contribution in [2.75, 3.05) is 13.1 Å². The molecule has 0 aromatic carbocycles. The Bertz CT molecular complexity index is 416. The summed E-state index contributed by atoms with van der Waals surface area (Å²) in [7, 11) is 0. The van der Waals surface area contributed by atoms with Crippen LogP contribution in [0.2, 0.25) is 0 Å². The van der Waals surface area contributed by atoms with Crippen molar-refractivity contribution in [2.45, 2.75) is 57.8 Å². The van der Waals surface area contributed by atoms with Crippen molar-refractivity contribution >= 4 is 0 Å². The summed E-state index contributed by atoms with van der Waals surface area (Å²) in [5.41, 5.74) is 1.79. The molecule has 2 heterocycles. The Labute approximate surface area is 109 Å². The van der Waals surface area contributed by atoms with Crippen LogP contribution in [0.3, 0.4) is 0 Å². The van der Waals surface area contributed by atoms with Crippen LogP contribution in [0.15, 0.2) is 10.7 Å². The maximum Gasteiger partial charge on any atom is 0.197 e. The van der Waals surface area contributed by atoms with Crippen LogP contribution in [0.4, 0.5) is 0 Å². The molecule has 2 aliphatic rings. The van der Waals surface area contributed by atoms with Gasteiger partial charge in [0.1, 0.15) is 6.26 Å². The average molecular weight is 248 g/mol. The van der Waals surface area contributed by atoms with E-state index in [9.17, 15) is 0 Å². The molecule has 1 spiro atoms. The van der Waals surface area contributed by atoms with E-state index < -0.39 is 0 Å². The first-order valence-electron chi connectivity index (χ1n) is 7.15. The number of aromatic nitrogens is 1. The number of hydrogen-bond donors (Lipinski definition) is 1. The van der Waals surface area contributed by atoms with Crippen LogP contribution in [-0.4, -0.2) is 18.1 Å². The van der Waals surface area contributed by atoms with Crippen LogP contribution in [0.1, 0.15) is 64.0 Å². The topological polar surface area (TPSA) is 38.1 Å². The number of oxazole rings is 1. The summed E-state index contributed by atoms with van der Waals surface area (Å²) in [5.74, 6) is 1.54. The fourth-order valence-electron chi connectivity index (χ4n) is 3.35. The molecular formula is C15H24N2O. The van der Waals surface area contributed by atoms with Crippen LogP contribution < -0.4 is 5.32 Å². The van der Waals surface area contributed by atoms with Gasteiger partial charge in [0.2, 0.25) is 0 Å². The summed E-state index contributed by atoms with van der Waals surface area (Å²) in [6.07, 6.45) is 7.06. The van der Waals surface area contributed by atoms with E-state index in [1.54, 1.807) is 0 Å². The molecule has 0 amide bonds. The second-order valence-electron chi connectivity index (χ2n) is 7.18. The van der Waals surface area contributed by atoms with E-state index >= 15 is 0 Å². The zero-order valence-corrected chi connectivity index (χ0v) is 11.8. The Morgan fingerprint density at radius 2 is 1.94 bits per heavy atom. The highest BCUT2D eigenvalue weighted by molar-refractivity contribution is 5.14. The number of hydrogen-bond acceptors (Lipinski definition) is 3. The number of nitrogens with zero attached hydrogens (tertiary/aromatic N) is 1. The van der Waals surface area contributed by atoms with Gasteiger partial charge in [-0.1, -0.05) is 20.8 Å². The van der Waals surface area contributed by atoms with E-state index in [1.807, 2.05) is 6.26 Å². The van der Waals surface area contributed by atoms with Crippen LogP contribution in [0.5, 0.6) is 0 Å². The first kappa shape index (κ1) is 12.2. The highest BCUT2D eigenvalue weighted by atomic mass is 16.3. The van der Waals surface area contributed by atoms with E-state index in [1.165, 1.54) is 38.8 Å². The molecule has 1 saturated carbocycles. The first-order chi connectivity index (χ1) is 8.49. The van der Waals surface area contributed by atoms with Crippen LogP contribution in [0, 0.1) is 5.41 Å². The summed E-state index contributed by atoms with van der Waals surface area (Å²) < 4.78 is 5.70. The van der Waals surface area contributed by atoms with Crippen molar-refractivity contribution in [3.63, 3.8) is 0 Å². The third-order valence-electron chi connectivity index (χ3n) is 4.66. The molecule has 3 heteroatoms. The molecule has 18 heavy (non-hydrogen) atoms. The highest BCUT2D eigenvalue weighted by Crippen LogP contribution is 2.55. The monoisotopic (exact) mass is 248 g/mol. The third kappa shape index (κ3) is 2.09. The quantitative estimate of drug-likeness (QED) is 0.829. The van der Waals surface area contributed by atoms with E-state index in [2.05, 4.69) is 26.1 Å². The minimum absolute atomic E-state index is 0.0952. The van der Waals surface area contributed by atoms with Crippen molar-refractivity contribution in [3.05, 3.63) is 17.8 Å². The smallest absolute Gasteiger partial charge is 0.197 e. The number of rotatable bonds is 1. The molecule has 1 aromatic rings. The van der Waals surface area contributed by atoms with E-state index in [4.69, 9.17) is 9.40 Å². The Hall–Kier alpha value is -0.830. The predicted molar refractivity (Wildman–Crippen MR) is 71.7 cm³/mol. The van der Waals surface area contributed by atoms with Crippen molar-refractivity contribution in [1.82, 2.24) is 10.3 Å². The van der Waals surface area contributed by atoms with Gasteiger partial charge < -0.3 is 9.73 Å². The van der Waals surface area contributed by atoms with Gasteiger partial charge in [0, 0.05) is 11.3 Å². The zero-order valence-electron chi connectivity index (χ0n) is 11.8. The minimum Gasteiger partial charge on any atom is -0.448 e.